The van der Waals surface area contributed by atoms with E-state index in [1.165, 1.54) is 37.6 Å². The number of hydrogen-bond acceptors (Lipinski definition) is 7. The maximum absolute atomic E-state index is 13.7. The standard InChI is InChI=1S/C31H35F3N6O3/c1-20-27(30(42)37-23-8-9-28(36-18-23)39(2)25-6-4-3-5-7-25)17-24(19-35-20)38-29(41)21-14-22(31(32,33)34)16-26(15-21)40-10-12-43-13-11-40/h8-9,14-19,25H,3-7,10-13H2,1-2H3,(H,37,42)(H,38,41). The maximum Gasteiger partial charge on any atom is 0.416 e. The van der Waals surface area contributed by atoms with Crippen LogP contribution < -0.4 is 20.4 Å². The SMILES string of the molecule is Cc1ncc(NC(=O)c2cc(N3CCOCC3)cc(C(F)(F)F)c2)cc1C(=O)Nc1ccc(N(C)C2CCCCC2)nc1. The van der Waals surface area contributed by atoms with Crippen molar-refractivity contribution in [1.82, 2.24) is 9.97 Å². The number of amides is 2. The van der Waals surface area contributed by atoms with Gasteiger partial charge in [0.15, 0.2) is 0 Å². The number of carbonyl (C=O) groups excluding carboxylic acids is 2. The fraction of sp³-hybridized carbons (Fsp3) is 0.419. The lowest BCUT2D eigenvalue weighted by Gasteiger charge is -2.32. The van der Waals surface area contributed by atoms with Crippen LogP contribution in [0.25, 0.3) is 0 Å². The van der Waals surface area contributed by atoms with Gasteiger partial charge in [-0.3, -0.25) is 14.6 Å². The molecule has 0 spiro atoms. The van der Waals surface area contributed by atoms with Crippen molar-refractivity contribution in [3.63, 3.8) is 0 Å². The van der Waals surface area contributed by atoms with Crippen LogP contribution in [0.1, 0.15) is 64.1 Å². The number of carbonyl (C=O) groups is 2. The Bertz CT molecular complexity index is 1450. The molecule has 2 fully saturated rings. The predicted octanol–water partition coefficient (Wildman–Crippen LogP) is 5.91. The van der Waals surface area contributed by atoms with Gasteiger partial charge in [0.25, 0.3) is 11.8 Å². The van der Waals surface area contributed by atoms with Crippen LogP contribution in [0.15, 0.2) is 48.8 Å². The quantitative estimate of drug-likeness (QED) is 0.350. The van der Waals surface area contributed by atoms with Crippen LogP contribution in [0, 0.1) is 6.92 Å². The summed E-state index contributed by atoms with van der Waals surface area (Å²) in [6.45, 7) is 3.25. The second-order valence-corrected chi connectivity index (χ2v) is 10.9. The molecule has 9 nitrogen and oxygen atoms in total. The zero-order valence-electron chi connectivity index (χ0n) is 24.2. The van der Waals surface area contributed by atoms with Crippen LogP contribution in [0.4, 0.5) is 36.1 Å². The molecule has 5 rings (SSSR count). The van der Waals surface area contributed by atoms with Gasteiger partial charge in [0.05, 0.1) is 53.8 Å². The zero-order chi connectivity index (χ0) is 30.6. The van der Waals surface area contributed by atoms with E-state index < -0.39 is 23.6 Å². The van der Waals surface area contributed by atoms with Gasteiger partial charge in [-0.25, -0.2) is 4.98 Å². The van der Waals surface area contributed by atoms with Gasteiger partial charge in [-0.15, -0.1) is 0 Å². The van der Waals surface area contributed by atoms with Crippen LogP contribution in [0.2, 0.25) is 0 Å². The molecule has 43 heavy (non-hydrogen) atoms. The summed E-state index contributed by atoms with van der Waals surface area (Å²) in [5.41, 5.74) is 0.508. The first-order valence-corrected chi connectivity index (χ1v) is 14.4. The molecule has 0 bridgehead atoms. The average molecular weight is 597 g/mol. The third-order valence-electron chi connectivity index (χ3n) is 7.96. The summed E-state index contributed by atoms with van der Waals surface area (Å²) in [5.74, 6) is -0.372. The van der Waals surface area contributed by atoms with E-state index in [-0.39, 0.29) is 22.5 Å². The normalized spacial score (nSPS) is 16.1. The number of anilines is 4. The first-order chi connectivity index (χ1) is 20.6. The molecule has 0 unspecified atom stereocenters. The maximum atomic E-state index is 13.7. The minimum Gasteiger partial charge on any atom is -0.378 e. The Kier molecular flexibility index (Phi) is 9.14. The lowest BCUT2D eigenvalue weighted by Crippen LogP contribution is -2.36. The molecular formula is C31H35F3N6O3. The number of benzene rings is 1. The van der Waals surface area contributed by atoms with Gasteiger partial charge in [-0.2, -0.15) is 13.2 Å². The second kappa shape index (κ2) is 13.0. The number of halogens is 3. The average Bonchev–Trinajstić information content (AvgIpc) is 3.02. The number of pyridine rings is 2. The van der Waals surface area contributed by atoms with Gasteiger partial charge in [-0.05, 0) is 56.2 Å². The number of aromatic nitrogens is 2. The molecule has 2 amide bonds. The molecule has 2 aliphatic rings. The van der Waals surface area contributed by atoms with Gasteiger partial charge in [0.1, 0.15) is 5.82 Å². The molecule has 228 valence electrons. The summed E-state index contributed by atoms with van der Waals surface area (Å²) < 4.78 is 46.3. The number of ether oxygens (including phenoxy) is 1. The van der Waals surface area contributed by atoms with E-state index >= 15 is 0 Å². The first-order valence-electron chi connectivity index (χ1n) is 14.4. The molecule has 1 aromatic carbocycles. The van der Waals surface area contributed by atoms with Crippen LogP contribution in [0.5, 0.6) is 0 Å². The fourth-order valence-electron chi connectivity index (χ4n) is 5.47. The van der Waals surface area contributed by atoms with E-state index in [0.717, 1.165) is 30.8 Å². The van der Waals surface area contributed by atoms with E-state index in [0.29, 0.717) is 43.7 Å². The number of nitrogens with zero attached hydrogens (tertiary/aromatic N) is 4. The Hall–Kier alpha value is -4.19. The molecule has 0 radical (unpaired) electrons. The number of hydrogen-bond donors (Lipinski definition) is 2. The molecule has 1 aliphatic carbocycles. The molecular weight excluding hydrogens is 561 g/mol. The highest BCUT2D eigenvalue weighted by molar-refractivity contribution is 6.08. The van der Waals surface area contributed by atoms with Crippen molar-refractivity contribution in [1.29, 1.82) is 0 Å². The van der Waals surface area contributed by atoms with Crippen molar-refractivity contribution in [2.24, 2.45) is 0 Å². The Balaban J connectivity index is 1.29. The van der Waals surface area contributed by atoms with Crippen molar-refractivity contribution in [2.45, 2.75) is 51.2 Å². The van der Waals surface area contributed by atoms with Gasteiger partial charge >= 0.3 is 6.18 Å². The molecule has 3 aromatic rings. The van der Waals surface area contributed by atoms with E-state index in [1.54, 1.807) is 24.1 Å². The summed E-state index contributed by atoms with van der Waals surface area (Å²) >= 11 is 0. The third kappa shape index (κ3) is 7.42. The van der Waals surface area contributed by atoms with Crippen molar-refractivity contribution >= 4 is 34.7 Å². The highest BCUT2D eigenvalue weighted by Crippen LogP contribution is 2.34. The summed E-state index contributed by atoms with van der Waals surface area (Å²) in [6, 6.07) is 8.83. The molecule has 2 aromatic heterocycles. The van der Waals surface area contributed by atoms with Crippen molar-refractivity contribution in [2.75, 3.05) is 53.8 Å². The minimum atomic E-state index is -4.63. The molecule has 1 saturated carbocycles. The molecule has 1 saturated heterocycles. The van der Waals surface area contributed by atoms with E-state index in [1.807, 2.05) is 13.1 Å². The Morgan fingerprint density at radius 3 is 2.30 bits per heavy atom. The summed E-state index contributed by atoms with van der Waals surface area (Å²) in [4.78, 5) is 38.9. The number of rotatable bonds is 7. The summed E-state index contributed by atoms with van der Waals surface area (Å²) in [6.07, 6.45) is 4.29. The third-order valence-corrected chi connectivity index (χ3v) is 7.96. The number of nitrogens with one attached hydrogen (secondary N) is 2. The highest BCUT2D eigenvalue weighted by Gasteiger charge is 2.32. The number of morpholine rings is 1. The highest BCUT2D eigenvalue weighted by atomic mass is 19.4. The summed E-state index contributed by atoms with van der Waals surface area (Å²) in [7, 11) is 2.04. The Morgan fingerprint density at radius 1 is 0.930 bits per heavy atom. The second-order valence-electron chi connectivity index (χ2n) is 10.9. The van der Waals surface area contributed by atoms with E-state index in [4.69, 9.17) is 4.74 Å². The van der Waals surface area contributed by atoms with Gasteiger partial charge < -0.3 is 25.2 Å². The first kappa shape index (κ1) is 30.3. The monoisotopic (exact) mass is 596 g/mol. The summed E-state index contributed by atoms with van der Waals surface area (Å²) in [5, 5.41) is 5.41. The molecule has 0 atom stereocenters. The van der Waals surface area contributed by atoms with Crippen molar-refractivity contribution < 1.29 is 27.5 Å². The Labute approximate surface area is 248 Å². The number of aryl methyl sites for hydroxylation is 1. The molecule has 12 heteroatoms. The predicted molar refractivity (Wildman–Crippen MR) is 159 cm³/mol. The van der Waals surface area contributed by atoms with Crippen LogP contribution >= 0.6 is 0 Å². The lowest BCUT2D eigenvalue weighted by atomic mass is 9.94. The zero-order valence-corrected chi connectivity index (χ0v) is 24.2. The van der Waals surface area contributed by atoms with Gasteiger partial charge in [0.2, 0.25) is 0 Å². The van der Waals surface area contributed by atoms with E-state index in [9.17, 15) is 22.8 Å². The largest absolute Gasteiger partial charge is 0.416 e. The minimum absolute atomic E-state index is 0.160. The van der Waals surface area contributed by atoms with Crippen LogP contribution in [-0.4, -0.2) is 61.2 Å². The van der Waals surface area contributed by atoms with Crippen LogP contribution in [0.3, 0.4) is 0 Å². The Morgan fingerprint density at radius 2 is 1.63 bits per heavy atom. The van der Waals surface area contributed by atoms with E-state index in [2.05, 4.69) is 25.5 Å². The van der Waals surface area contributed by atoms with Gasteiger partial charge in [-0.1, -0.05) is 19.3 Å². The van der Waals surface area contributed by atoms with Crippen LogP contribution in [-0.2, 0) is 10.9 Å². The van der Waals surface area contributed by atoms with Crippen molar-refractivity contribution in [3.05, 3.63) is 71.2 Å². The fourth-order valence-corrected chi connectivity index (χ4v) is 5.47. The topological polar surface area (TPSA) is 99.7 Å². The lowest BCUT2D eigenvalue weighted by molar-refractivity contribution is -0.137. The van der Waals surface area contributed by atoms with Crippen molar-refractivity contribution in [3.8, 4) is 0 Å². The smallest absolute Gasteiger partial charge is 0.378 e. The molecule has 2 N–H and O–H groups in total. The molecule has 1 aliphatic heterocycles. The van der Waals surface area contributed by atoms with Gasteiger partial charge in [0, 0.05) is 37.4 Å². The number of alkyl halides is 3. The molecule has 3 heterocycles.